The number of nitrogens with two attached hydrogens (primary N) is 1. The first-order chi connectivity index (χ1) is 9.82. The number of nitrogens with zero attached hydrogens (tertiary/aromatic N) is 2. The Kier molecular flexibility index (Phi) is 4.36. The van der Waals surface area contributed by atoms with Gasteiger partial charge < -0.3 is 15.7 Å². The van der Waals surface area contributed by atoms with E-state index in [1.807, 2.05) is 0 Å². The number of alkyl halides is 3. The van der Waals surface area contributed by atoms with Crippen LogP contribution < -0.4 is 10.6 Å². The van der Waals surface area contributed by atoms with Crippen LogP contribution in [0.3, 0.4) is 0 Å². The van der Waals surface area contributed by atoms with Crippen LogP contribution in [0.1, 0.15) is 24.1 Å². The summed E-state index contributed by atoms with van der Waals surface area (Å²) in [7, 11) is 0. The van der Waals surface area contributed by atoms with Crippen LogP contribution in [-0.2, 0) is 6.18 Å². The van der Waals surface area contributed by atoms with Gasteiger partial charge in [-0.25, -0.2) is 4.98 Å². The normalized spacial score (nSPS) is 17.0. The molecule has 0 aromatic carbocycles. The van der Waals surface area contributed by atoms with E-state index in [0.717, 1.165) is 6.07 Å². The largest absolute Gasteiger partial charge is 0.433 e. The molecule has 1 aliphatic heterocycles. The van der Waals surface area contributed by atoms with Gasteiger partial charge in [-0.05, 0) is 30.9 Å². The van der Waals surface area contributed by atoms with E-state index in [4.69, 9.17) is 16.2 Å². The topological polar surface area (TPSA) is 86.2 Å². The summed E-state index contributed by atoms with van der Waals surface area (Å²) in [6.07, 6.45) is -3.19. The van der Waals surface area contributed by atoms with E-state index in [1.54, 1.807) is 4.90 Å². The zero-order valence-corrected chi connectivity index (χ0v) is 11.3. The number of piperidine rings is 1. The fourth-order valence-electron chi connectivity index (χ4n) is 2.38. The summed E-state index contributed by atoms with van der Waals surface area (Å²) >= 11 is 0. The summed E-state index contributed by atoms with van der Waals surface area (Å²) in [5.74, 6) is -0.0583. The van der Waals surface area contributed by atoms with Crippen LogP contribution in [0, 0.1) is 11.3 Å². The van der Waals surface area contributed by atoms with Crippen LogP contribution in [0.15, 0.2) is 12.1 Å². The molecule has 1 saturated heterocycles. The molecule has 0 unspecified atom stereocenters. The van der Waals surface area contributed by atoms with E-state index in [-0.39, 0.29) is 29.7 Å². The summed E-state index contributed by atoms with van der Waals surface area (Å²) in [6.45, 7) is 1.04. The average Bonchev–Trinajstić information content (AvgIpc) is 2.45. The van der Waals surface area contributed by atoms with Crippen molar-refractivity contribution in [3.05, 3.63) is 23.4 Å². The quantitative estimate of drug-likeness (QED) is 0.584. The Balaban J connectivity index is 2.33. The maximum Gasteiger partial charge on any atom is 0.433 e. The SMILES string of the molecule is N=C(N)c1ccc(C(F)(F)F)nc1N1CCC(CO)CC1. The minimum absolute atomic E-state index is 0.0728. The maximum absolute atomic E-state index is 12.8. The average molecular weight is 302 g/mol. The Labute approximate surface area is 120 Å². The van der Waals surface area contributed by atoms with Crippen LogP contribution in [-0.4, -0.2) is 35.6 Å². The highest BCUT2D eigenvalue weighted by molar-refractivity contribution is 5.99. The summed E-state index contributed by atoms with van der Waals surface area (Å²) in [6, 6.07) is 2.02. The van der Waals surface area contributed by atoms with Crippen LogP contribution in [0.5, 0.6) is 0 Å². The molecule has 1 fully saturated rings. The number of nitrogens with one attached hydrogen (secondary N) is 1. The van der Waals surface area contributed by atoms with Gasteiger partial charge in [-0.3, -0.25) is 5.41 Å². The Morgan fingerprint density at radius 1 is 1.38 bits per heavy atom. The van der Waals surface area contributed by atoms with Crippen LogP contribution >= 0.6 is 0 Å². The van der Waals surface area contributed by atoms with Gasteiger partial charge in [0.05, 0.1) is 5.56 Å². The van der Waals surface area contributed by atoms with E-state index in [0.29, 0.717) is 25.9 Å². The number of nitrogen functional groups attached to an aromatic ring is 1. The third-order valence-corrected chi connectivity index (χ3v) is 3.63. The fraction of sp³-hybridized carbons (Fsp3) is 0.538. The van der Waals surface area contributed by atoms with Crippen LogP contribution in [0.4, 0.5) is 19.0 Å². The minimum Gasteiger partial charge on any atom is -0.396 e. The lowest BCUT2D eigenvalue weighted by Crippen LogP contribution is -2.37. The van der Waals surface area contributed by atoms with Crippen molar-refractivity contribution in [2.75, 3.05) is 24.6 Å². The van der Waals surface area contributed by atoms with Gasteiger partial charge in [-0.15, -0.1) is 0 Å². The molecule has 116 valence electrons. The monoisotopic (exact) mass is 302 g/mol. The van der Waals surface area contributed by atoms with E-state index in [2.05, 4.69) is 4.98 Å². The summed E-state index contributed by atoms with van der Waals surface area (Å²) in [5.41, 5.74) is 4.63. The third-order valence-electron chi connectivity index (χ3n) is 3.63. The number of aromatic nitrogens is 1. The Bertz CT molecular complexity index is 525. The fourth-order valence-corrected chi connectivity index (χ4v) is 2.38. The van der Waals surface area contributed by atoms with Gasteiger partial charge in [0.2, 0.25) is 0 Å². The van der Waals surface area contributed by atoms with Crippen molar-refractivity contribution in [1.82, 2.24) is 4.98 Å². The maximum atomic E-state index is 12.8. The summed E-state index contributed by atoms with van der Waals surface area (Å²) in [5, 5.41) is 16.6. The number of hydrogen-bond acceptors (Lipinski definition) is 4. The first-order valence-corrected chi connectivity index (χ1v) is 6.61. The Hall–Kier alpha value is -1.83. The molecular formula is C13H17F3N4O. The van der Waals surface area contributed by atoms with Crippen molar-refractivity contribution in [1.29, 1.82) is 5.41 Å². The first kappa shape index (κ1) is 15.6. The molecule has 1 aliphatic rings. The Morgan fingerprint density at radius 2 is 2.00 bits per heavy atom. The highest BCUT2D eigenvalue weighted by Crippen LogP contribution is 2.31. The van der Waals surface area contributed by atoms with Gasteiger partial charge in [-0.1, -0.05) is 0 Å². The molecule has 1 aromatic heterocycles. The highest BCUT2D eigenvalue weighted by Gasteiger charge is 2.34. The molecule has 2 heterocycles. The van der Waals surface area contributed by atoms with Gasteiger partial charge in [-0.2, -0.15) is 13.2 Å². The lowest BCUT2D eigenvalue weighted by molar-refractivity contribution is -0.141. The van der Waals surface area contributed by atoms with E-state index >= 15 is 0 Å². The molecule has 0 radical (unpaired) electrons. The molecule has 0 amide bonds. The first-order valence-electron chi connectivity index (χ1n) is 6.61. The predicted molar refractivity (Wildman–Crippen MR) is 72.3 cm³/mol. The number of rotatable bonds is 3. The van der Waals surface area contributed by atoms with Crippen LogP contribution in [0.2, 0.25) is 0 Å². The second kappa shape index (κ2) is 5.88. The minimum atomic E-state index is -4.53. The standard InChI is InChI=1S/C13H17F3N4O/c14-13(15,16)10-2-1-9(11(17)18)12(19-10)20-5-3-8(7-21)4-6-20/h1-2,8,21H,3-7H2,(H3,17,18). The lowest BCUT2D eigenvalue weighted by Gasteiger charge is -2.33. The van der Waals surface area contributed by atoms with Crippen molar-refractivity contribution >= 4 is 11.7 Å². The van der Waals surface area contributed by atoms with Crippen LogP contribution in [0.25, 0.3) is 0 Å². The number of halogens is 3. The zero-order chi connectivity index (χ0) is 15.6. The van der Waals surface area contributed by atoms with Crippen molar-refractivity contribution in [2.24, 2.45) is 11.7 Å². The highest BCUT2D eigenvalue weighted by atomic mass is 19.4. The number of aliphatic hydroxyl groups excluding tert-OH is 1. The lowest BCUT2D eigenvalue weighted by atomic mass is 9.97. The molecule has 1 aromatic rings. The van der Waals surface area contributed by atoms with E-state index in [1.165, 1.54) is 6.07 Å². The molecule has 2 rings (SSSR count). The second-order valence-corrected chi connectivity index (χ2v) is 5.09. The smallest absolute Gasteiger partial charge is 0.396 e. The molecule has 8 heteroatoms. The second-order valence-electron chi connectivity index (χ2n) is 5.09. The third kappa shape index (κ3) is 3.44. The predicted octanol–water partition coefficient (Wildman–Crippen LogP) is 1.59. The summed E-state index contributed by atoms with van der Waals surface area (Å²) in [4.78, 5) is 5.35. The molecule has 0 bridgehead atoms. The molecule has 0 aliphatic carbocycles. The van der Waals surface area contributed by atoms with Gasteiger partial charge in [0.15, 0.2) is 0 Å². The van der Waals surface area contributed by atoms with Crippen molar-refractivity contribution in [3.63, 3.8) is 0 Å². The number of pyridine rings is 1. The molecule has 4 N–H and O–H groups in total. The molecule has 21 heavy (non-hydrogen) atoms. The Morgan fingerprint density at radius 3 is 2.48 bits per heavy atom. The molecule has 0 spiro atoms. The zero-order valence-electron chi connectivity index (χ0n) is 11.3. The number of hydrogen-bond donors (Lipinski definition) is 3. The van der Waals surface area contributed by atoms with Crippen molar-refractivity contribution in [3.8, 4) is 0 Å². The number of anilines is 1. The number of aliphatic hydroxyl groups is 1. The molecular weight excluding hydrogens is 285 g/mol. The molecule has 0 atom stereocenters. The summed E-state index contributed by atoms with van der Waals surface area (Å²) < 4.78 is 38.4. The van der Waals surface area contributed by atoms with Gasteiger partial charge in [0.25, 0.3) is 0 Å². The van der Waals surface area contributed by atoms with Gasteiger partial charge >= 0.3 is 6.18 Å². The van der Waals surface area contributed by atoms with Crippen molar-refractivity contribution < 1.29 is 18.3 Å². The van der Waals surface area contributed by atoms with Crippen molar-refractivity contribution in [2.45, 2.75) is 19.0 Å². The van der Waals surface area contributed by atoms with Gasteiger partial charge in [0, 0.05) is 19.7 Å². The molecule has 5 nitrogen and oxygen atoms in total. The van der Waals surface area contributed by atoms with Gasteiger partial charge in [0.1, 0.15) is 17.3 Å². The van der Waals surface area contributed by atoms with E-state index in [9.17, 15) is 13.2 Å². The van der Waals surface area contributed by atoms with E-state index < -0.39 is 11.9 Å². The number of amidine groups is 1. The molecule has 0 saturated carbocycles.